The summed E-state index contributed by atoms with van der Waals surface area (Å²) in [7, 11) is 0. The lowest BCUT2D eigenvalue weighted by atomic mass is 9.88. The second-order valence-corrected chi connectivity index (χ2v) is 7.77. The van der Waals surface area contributed by atoms with Crippen molar-refractivity contribution in [3.8, 4) is 0 Å². The van der Waals surface area contributed by atoms with Crippen LogP contribution < -0.4 is 0 Å². The van der Waals surface area contributed by atoms with E-state index in [1.54, 1.807) is 17.3 Å². The van der Waals surface area contributed by atoms with Crippen LogP contribution in [0.2, 0.25) is 0 Å². The third-order valence-electron chi connectivity index (χ3n) is 5.70. The molecule has 3 aromatic rings. The second kappa shape index (κ2) is 8.55. The van der Waals surface area contributed by atoms with Gasteiger partial charge in [-0.05, 0) is 54.7 Å². The minimum absolute atomic E-state index is 0.286. The summed E-state index contributed by atoms with van der Waals surface area (Å²) in [4.78, 5) is 34.8. The van der Waals surface area contributed by atoms with Crippen LogP contribution in [0.25, 0.3) is 10.9 Å². The molecule has 0 saturated heterocycles. The number of rotatable bonds is 6. The molecule has 0 spiro atoms. The minimum atomic E-state index is -0.562. The third-order valence-corrected chi connectivity index (χ3v) is 5.70. The summed E-state index contributed by atoms with van der Waals surface area (Å²) >= 11 is 0. The van der Waals surface area contributed by atoms with E-state index in [4.69, 9.17) is 0 Å². The number of ketones is 1. The van der Waals surface area contributed by atoms with E-state index in [1.807, 2.05) is 12.1 Å². The predicted molar refractivity (Wildman–Crippen MR) is 109 cm³/mol. The van der Waals surface area contributed by atoms with Crippen LogP contribution in [0.3, 0.4) is 0 Å². The third kappa shape index (κ3) is 4.36. The van der Waals surface area contributed by atoms with Crippen molar-refractivity contribution in [1.82, 2.24) is 14.9 Å². The van der Waals surface area contributed by atoms with Gasteiger partial charge >= 0.3 is 0 Å². The number of pyridine rings is 1. The van der Waals surface area contributed by atoms with E-state index in [0.717, 1.165) is 18.4 Å². The molecule has 1 N–H and O–H groups in total. The van der Waals surface area contributed by atoms with Crippen LogP contribution in [-0.4, -0.2) is 33.1 Å². The van der Waals surface area contributed by atoms with Crippen LogP contribution in [0.15, 0.2) is 48.9 Å². The van der Waals surface area contributed by atoms with Crippen LogP contribution in [0.1, 0.15) is 48.0 Å². The van der Waals surface area contributed by atoms with E-state index in [1.165, 1.54) is 43.7 Å². The first kappa shape index (κ1) is 19.3. The summed E-state index contributed by atoms with van der Waals surface area (Å²) in [5, 5.41) is 0.561. The lowest BCUT2D eigenvalue weighted by molar-refractivity contribution is -0.127. The quantitative estimate of drug-likeness (QED) is 0.496. The van der Waals surface area contributed by atoms with Crippen molar-refractivity contribution in [1.29, 1.82) is 0 Å². The van der Waals surface area contributed by atoms with Crippen molar-refractivity contribution in [3.05, 3.63) is 65.9 Å². The monoisotopic (exact) mass is 393 g/mol. The molecule has 1 aliphatic carbocycles. The molecule has 1 amide bonds. The average molecular weight is 393 g/mol. The second-order valence-electron chi connectivity index (χ2n) is 7.77. The van der Waals surface area contributed by atoms with Crippen LogP contribution in [0.4, 0.5) is 4.39 Å². The van der Waals surface area contributed by atoms with Crippen LogP contribution >= 0.6 is 0 Å². The highest BCUT2D eigenvalue weighted by molar-refractivity contribution is 6.44. The molecule has 29 heavy (non-hydrogen) atoms. The number of aromatic amines is 1. The molecule has 0 bridgehead atoms. The molecule has 2 heterocycles. The molecule has 0 aliphatic heterocycles. The molecule has 0 unspecified atom stereocenters. The summed E-state index contributed by atoms with van der Waals surface area (Å²) < 4.78 is 13.5. The Kier molecular flexibility index (Phi) is 5.69. The van der Waals surface area contributed by atoms with Crippen LogP contribution in [-0.2, 0) is 11.3 Å². The van der Waals surface area contributed by atoms with Gasteiger partial charge in [0.2, 0.25) is 0 Å². The lowest BCUT2D eigenvalue weighted by Crippen LogP contribution is -2.39. The highest BCUT2D eigenvalue weighted by Gasteiger charge is 2.28. The van der Waals surface area contributed by atoms with Gasteiger partial charge in [-0.2, -0.15) is 0 Å². The van der Waals surface area contributed by atoms with Gasteiger partial charge in [0.25, 0.3) is 11.7 Å². The van der Waals surface area contributed by atoms with Gasteiger partial charge in [0.05, 0.1) is 5.56 Å². The van der Waals surface area contributed by atoms with E-state index in [9.17, 15) is 14.0 Å². The molecule has 4 rings (SSSR count). The Hall–Kier alpha value is -3.02. The van der Waals surface area contributed by atoms with E-state index >= 15 is 0 Å². The Balaban J connectivity index is 1.59. The van der Waals surface area contributed by atoms with E-state index in [0.29, 0.717) is 29.9 Å². The number of H-pyrrole nitrogens is 1. The van der Waals surface area contributed by atoms with Crippen molar-refractivity contribution < 1.29 is 14.0 Å². The van der Waals surface area contributed by atoms with Gasteiger partial charge in [0, 0.05) is 42.6 Å². The van der Waals surface area contributed by atoms with Crippen LogP contribution in [0.5, 0.6) is 0 Å². The van der Waals surface area contributed by atoms with Gasteiger partial charge in [-0.1, -0.05) is 19.3 Å². The highest BCUT2D eigenvalue weighted by atomic mass is 19.1. The largest absolute Gasteiger partial charge is 0.360 e. The number of aromatic nitrogens is 2. The van der Waals surface area contributed by atoms with Crippen molar-refractivity contribution >= 4 is 22.6 Å². The molecule has 2 aromatic heterocycles. The Bertz CT molecular complexity index is 1010. The fourth-order valence-corrected chi connectivity index (χ4v) is 4.15. The van der Waals surface area contributed by atoms with Crippen molar-refractivity contribution in [3.63, 3.8) is 0 Å². The number of carbonyl (C=O) groups excluding carboxylic acids is 2. The van der Waals surface area contributed by atoms with Crippen molar-refractivity contribution in [2.24, 2.45) is 5.92 Å². The Morgan fingerprint density at radius 2 is 1.86 bits per heavy atom. The number of carbonyl (C=O) groups is 2. The summed E-state index contributed by atoms with van der Waals surface area (Å²) in [6, 6.07) is 7.89. The number of amides is 1. The maximum absolute atomic E-state index is 13.5. The molecule has 1 aliphatic rings. The predicted octanol–water partition coefficient (Wildman–Crippen LogP) is 4.49. The van der Waals surface area contributed by atoms with Gasteiger partial charge in [-0.25, -0.2) is 4.39 Å². The molecular weight excluding hydrogens is 369 g/mol. The number of fused-ring (bicyclic) bond motifs is 1. The summed E-state index contributed by atoms with van der Waals surface area (Å²) in [6.07, 6.45) is 10.6. The number of Topliss-reactive ketones (excluding diaryl/α,β-unsaturated/α-hetero) is 1. The number of halogens is 1. The maximum atomic E-state index is 13.5. The number of hydrogen-bond donors (Lipinski definition) is 1. The Morgan fingerprint density at radius 1 is 1.10 bits per heavy atom. The average Bonchev–Trinajstić information content (AvgIpc) is 3.16. The smallest absolute Gasteiger partial charge is 0.295 e. The molecule has 1 aromatic carbocycles. The van der Waals surface area contributed by atoms with Gasteiger partial charge in [0.15, 0.2) is 0 Å². The number of nitrogens with one attached hydrogen (secondary N) is 1. The van der Waals surface area contributed by atoms with E-state index in [2.05, 4.69) is 9.97 Å². The van der Waals surface area contributed by atoms with Gasteiger partial charge < -0.3 is 9.88 Å². The highest BCUT2D eigenvalue weighted by Crippen LogP contribution is 2.26. The fourth-order valence-electron chi connectivity index (χ4n) is 4.15. The van der Waals surface area contributed by atoms with Gasteiger partial charge in [-0.3, -0.25) is 14.6 Å². The number of nitrogens with zero attached hydrogens (tertiary/aromatic N) is 2. The normalized spacial score (nSPS) is 14.8. The topological polar surface area (TPSA) is 66.1 Å². The molecule has 0 atom stereocenters. The first-order chi connectivity index (χ1) is 14.1. The first-order valence-corrected chi connectivity index (χ1v) is 10.1. The lowest BCUT2D eigenvalue weighted by Gasteiger charge is -2.29. The summed E-state index contributed by atoms with van der Waals surface area (Å²) in [5.74, 6) is -1.05. The minimum Gasteiger partial charge on any atom is -0.360 e. The van der Waals surface area contributed by atoms with Crippen molar-refractivity contribution in [2.75, 3.05) is 6.54 Å². The zero-order valence-electron chi connectivity index (χ0n) is 16.2. The van der Waals surface area contributed by atoms with Gasteiger partial charge in [0.1, 0.15) is 5.82 Å². The molecule has 150 valence electrons. The molecule has 1 fully saturated rings. The van der Waals surface area contributed by atoms with E-state index in [-0.39, 0.29) is 11.4 Å². The molecule has 0 radical (unpaired) electrons. The maximum Gasteiger partial charge on any atom is 0.295 e. The van der Waals surface area contributed by atoms with E-state index < -0.39 is 11.7 Å². The van der Waals surface area contributed by atoms with Crippen LogP contribution in [0, 0.1) is 11.7 Å². The number of hydrogen-bond acceptors (Lipinski definition) is 3. The first-order valence-electron chi connectivity index (χ1n) is 10.1. The van der Waals surface area contributed by atoms with Crippen molar-refractivity contribution in [2.45, 2.75) is 38.6 Å². The Morgan fingerprint density at radius 3 is 2.62 bits per heavy atom. The summed E-state index contributed by atoms with van der Waals surface area (Å²) in [6.45, 7) is 0.949. The Labute approximate surface area is 168 Å². The zero-order chi connectivity index (χ0) is 20.2. The summed E-state index contributed by atoms with van der Waals surface area (Å²) in [5.41, 5.74) is 1.74. The van der Waals surface area contributed by atoms with Gasteiger partial charge in [-0.15, -0.1) is 0 Å². The standard InChI is InChI=1S/C23H24FN3O2/c24-18-6-7-19-20(13-26-21(19)12-18)22(28)23(29)27(14-16-4-2-1-3-5-16)15-17-8-10-25-11-9-17/h6-13,16,26H,1-5,14-15H2. The fraction of sp³-hybridized carbons (Fsp3) is 0.348. The molecular formula is C23H24FN3O2. The SMILES string of the molecule is O=C(C(=O)N(Cc1ccncc1)CC1CCCCC1)c1c[nH]c2cc(F)ccc12. The number of benzene rings is 1. The molecule has 1 saturated carbocycles. The molecule has 5 nitrogen and oxygen atoms in total. The molecule has 6 heteroatoms. The zero-order valence-corrected chi connectivity index (χ0v) is 16.2.